The van der Waals surface area contributed by atoms with Crippen molar-refractivity contribution < 1.29 is 18.0 Å². The number of benzene rings is 3. The molecule has 178 valence electrons. The molecule has 0 spiro atoms. The Morgan fingerprint density at radius 1 is 0.941 bits per heavy atom. The second kappa shape index (κ2) is 10.4. The third kappa shape index (κ3) is 5.46. The molecule has 7 nitrogen and oxygen atoms in total. The Balaban J connectivity index is 1.40. The average Bonchev–Trinajstić information content (AvgIpc) is 2.84. The Morgan fingerprint density at radius 2 is 1.59 bits per heavy atom. The maximum atomic E-state index is 13.4. The summed E-state index contributed by atoms with van der Waals surface area (Å²) in [6.45, 7) is 2.03. The van der Waals surface area contributed by atoms with E-state index in [0.717, 1.165) is 10.9 Å². The summed E-state index contributed by atoms with van der Waals surface area (Å²) in [4.78, 5) is 24.9. The van der Waals surface area contributed by atoms with Gasteiger partial charge in [-0.05, 0) is 29.9 Å². The van der Waals surface area contributed by atoms with Crippen LogP contribution >= 0.6 is 0 Å². The van der Waals surface area contributed by atoms with Crippen molar-refractivity contribution in [2.75, 3.05) is 13.1 Å². The summed E-state index contributed by atoms with van der Waals surface area (Å²) in [5.74, 6) is -0.526. The van der Waals surface area contributed by atoms with Gasteiger partial charge in [0.2, 0.25) is 21.8 Å². The molecule has 1 atom stereocenters. The standard InChI is InChI=1S/C26H29N3O4S/c1-19(30)27-24(18-20-8-3-2-4-9-20)26(31)28-22-14-16-29(17-15-22)34(32,33)25-13-7-11-21-10-5-6-12-23(21)25/h2-13,22,24H,14-18H2,1H3,(H,27,30)(H,28,31)/t24-/m1/s1. The smallest absolute Gasteiger partial charge is 0.243 e. The molecule has 2 N–H and O–H groups in total. The largest absolute Gasteiger partial charge is 0.351 e. The molecule has 1 heterocycles. The van der Waals surface area contributed by atoms with Crippen LogP contribution in [0.25, 0.3) is 10.8 Å². The van der Waals surface area contributed by atoms with Crippen molar-refractivity contribution in [3.63, 3.8) is 0 Å². The minimum Gasteiger partial charge on any atom is -0.351 e. The first-order valence-electron chi connectivity index (χ1n) is 11.4. The van der Waals surface area contributed by atoms with Gasteiger partial charge in [0.15, 0.2) is 0 Å². The molecule has 0 saturated carbocycles. The van der Waals surface area contributed by atoms with E-state index >= 15 is 0 Å². The molecule has 0 bridgehead atoms. The quantitative estimate of drug-likeness (QED) is 0.545. The fourth-order valence-corrected chi connectivity index (χ4v) is 6.09. The van der Waals surface area contributed by atoms with Gasteiger partial charge in [-0.3, -0.25) is 9.59 Å². The molecular formula is C26H29N3O4S. The zero-order valence-electron chi connectivity index (χ0n) is 19.1. The molecule has 0 radical (unpaired) electrons. The van der Waals surface area contributed by atoms with E-state index in [2.05, 4.69) is 10.6 Å². The maximum Gasteiger partial charge on any atom is 0.243 e. The molecule has 0 aromatic heterocycles. The van der Waals surface area contributed by atoms with Crippen molar-refractivity contribution in [3.05, 3.63) is 78.4 Å². The summed E-state index contributed by atoms with van der Waals surface area (Å²) in [7, 11) is -3.65. The Kier molecular flexibility index (Phi) is 7.29. The van der Waals surface area contributed by atoms with Crippen LogP contribution < -0.4 is 10.6 Å². The van der Waals surface area contributed by atoms with E-state index in [9.17, 15) is 18.0 Å². The highest BCUT2D eigenvalue weighted by atomic mass is 32.2. The fraction of sp³-hybridized carbons (Fsp3) is 0.308. The highest BCUT2D eigenvalue weighted by Gasteiger charge is 2.32. The Bertz CT molecular complexity index is 1260. The zero-order valence-corrected chi connectivity index (χ0v) is 19.9. The zero-order chi connectivity index (χ0) is 24.1. The van der Waals surface area contributed by atoms with E-state index in [1.807, 2.05) is 60.7 Å². The van der Waals surface area contributed by atoms with Gasteiger partial charge in [-0.1, -0.05) is 66.7 Å². The summed E-state index contributed by atoms with van der Waals surface area (Å²) in [6, 6.07) is 21.4. The van der Waals surface area contributed by atoms with E-state index in [0.29, 0.717) is 42.6 Å². The number of piperidine rings is 1. The van der Waals surface area contributed by atoms with Crippen LogP contribution in [0.5, 0.6) is 0 Å². The van der Waals surface area contributed by atoms with Crippen molar-refractivity contribution in [3.8, 4) is 0 Å². The van der Waals surface area contributed by atoms with E-state index < -0.39 is 16.1 Å². The number of sulfonamides is 1. The predicted molar refractivity (Wildman–Crippen MR) is 132 cm³/mol. The van der Waals surface area contributed by atoms with Crippen LogP contribution in [0.15, 0.2) is 77.7 Å². The lowest BCUT2D eigenvalue weighted by molar-refractivity contribution is -0.128. The first kappa shape index (κ1) is 23.9. The van der Waals surface area contributed by atoms with Crippen molar-refractivity contribution in [2.24, 2.45) is 0 Å². The Labute approximate surface area is 200 Å². The van der Waals surface area contributed by atoms with Crippen molar-refractivity contribution in [2.45, 2.75) is 43.2 Å². The van der Waals surface area contributed by atoms with Crippen LogP contribution in [0.3, 0.4) is 0 Å². The number of hydrogen-bond acceptors (Lipinski definition) is 4. The number of rotatable bonds is 7. The second-order valence-electron chi connectivity index (χ2n) is 8.61. The number of carbonyl (C=O) groups excluding carboxylic acids is 2. The number of amides is 2. The molecule has 4 rings (SSSR count). The van der Waals surface area contributed by atoms with Crippen LogP contribution in [0.1, 0.15) is 25.3 Å². The third-order valence-electron chi connectivity index (χ3n) is 6.14. The highest BCUT2D eigenvalue weighted by Crippen LogP contribution is 2.27. The van der Waals surface area contributed by atoms with Gasteiger partial charge < -0.3 is 10.6 Å². The summed E-state index contributed by atoms with van der Waals surface area (Å²) < 4.78 is 28.2. The van der Waals surface area contributed by atoms with Gasteiger partial charge in [0.05, 0.1) is 4.90 Å². The molecule has 0 unspecified atom stereocenters. The normalized spacial score (nSPS) is 16.1. The van der Waals surface area contributed by atoms with Crippen molar-refractivity contribution >= 4 is 32.6 Å². The molecular weight excluding hydrogens is 450 g/mol. The van der Waals surface area contributed by atoms with Crippen LogP contribution in [0.4, 0.5) is 0 Å². The van der Waals surface area contributed by atoms with E-state index in [-0.39, 0.29) is 17.9 Å². The number of nitrogens with one attached hydrogen (secondary N) is 2. The van der Waals surface area contributed by atoms with Gasteiger partial charge in [0.1, 0.15) is 6.04 Å². The van der Waals surface area contributed by atoms with Gasteiger partial charge in [-0.25, -0.2) is 8.42 Å². The molecule has 34 heavy (non-hydrogen) atoms. The molecule has 1 saturated heterocycles. The molecule has 2 amide bonds. The molecule has 3 aromatic rings. The molecule has 3 aromatic carbocycles. The second-order valence-corrected chi connectivity index (χ2v) is 10.5. The topological polar surface area (TPSA) is 95.6 Å². The SMILES string of the molecule is CC(=O)N[C@H](Cc1ccccc1)C(=O)NC1CCN(S(=O)(=O)c2cccc3ccccc23)CC1. The first-order chi connectivity index (χ1) is 16.3. The molecule has 1 aliphatic heterocycles. The van der Waals surface area contributed by atoms with Crippen LogP contribution in [-0.2, 0) is 26.0 Å². The summed E-state index contributed by atoms with van der Waals surface area (Å²) in [5.41, 5.74) is 0.951. The number of fused-ring (bicyclic) bond motifs is 1. The van der Waals surface area contributed by atoms with Gasteiger partial charge in [0.25, 0.3) is 0 Å². The van der Waals surface area contributed by atoms with Gasteiger partial charge in [-0.2, -0.15) is 4.31 Å². The van der Waals surface area contributed by atoms with Gasteiger partial charge >= 0.3 is 0 Å². The molecule has 8 heteroatoms. The fourth-order valence-electron chi connectivity index (χ4n) is 4.41. The Hall–Kier alpha value is -3.23. The van der Waals surface area contributed by atoms with Crippen molar-refractivity contribution in [1.82, 2.24) is 14.9 Å². The predicted octanol–water partition coefficient (Wildman–Crippen LogP) is 2.86. The highest BCUT2D eigenvalue weighted by molar-refractivity contribution is 7.89. The minimum atomic E-state index is -3.65. The monoisotopic (exact) mass is 479 g/mol. The lowest BCUT2D eigenvalue weighted by Gasteiger charge is -2.32. The van der Waals surface area contributed by atoms with Crippen molar-refractivity contribution in [1.29, 1.82) is 0 Å². The minimum absolute atomic E-state index is 0.154. The summed E-state index contributed by atoms with van der Waals surface area (Å²) in [5, 5.41) is 7.33. The lowest BCUT2D eigenvalue weighted by atomic mass is 10.0. The molecule has 0 aliphatic carbocycles. The molecule has 1 fully saturated rings. The van der Waals surface area contributed by atoms with E-state index in [1.165, 1.54) is 11.2 Å². The Morgan fingerprint density at radius 3 is 2.29 bits per heavy atom. The number of hydrogen-bond donors (Lipinski definition) is 2. The average molecular weight is 480 g/mol. The third-order valence-corrected chi connectivity index (χ3v) is 8.10. The lowest BCUT2D eigenvalue weighted by Crippen LogP contribution is -2.53. The first-order valence-corrected chi connectivity index (χ1v) is 12.9. The van der Waals surface area contributed by atoms with Crippen LogP contribution in [0.2, 0.25) is 0 Å². The van der Waals surface area contributed by atoms with Crippen LogP contribution in [-0.4, -0.2) is 49.7 Å². The van der Waals surface area contributed by atoms with E-state index in [4.69, 9.17) is 0 Å². The molecule has 1 aliphatic rings. The summed E-state index contributed by atoms with van der Waals surface area (Å²) in [6.07, 6.45) is 1.41. The van der Waals surface area contributed by atoms with Gasteiger partial charge in [0, 0.05) is 37.9 Å². The van der Waals surface area contributed by atoms with Crippen LogP contribution in [0, 0.1) is 0 Å². The summed E-state index contributed by atoms with van der Waals surface area (Å²) >= 11 is 0. The number of nitrogens with zero attached hydrogens (tertiary/aromatic N) is 1. The number of carbonyl (C=O) groups is 2. The van der Waals surface area contributed by atoms with E-state index in [1.54, 1.807) is 12.1 Å². The maximum absolute atomic E-state index is 13.4. The van der Waals surface area contributed by atoms with Gasteiger partial charge in [-0.15, -0.1) is 0 Å².